The first kappa shape index (κ1) is 13.9. The summed E-state index contributed by atoms with van der Waals surface area (Å²) in [5.41, 5.74) is 6.48. The van der Waals surface area contributed by atoms with Gasteiger partial charge in [-0.05, 0) is 18.2 Å². The number of methoxy groups -OCH3 is 1. The molecule has 0 saturated carbocycles. The highest BCUT2D eigenvalue weighted by Crippen LogP contribution is 2.22. The molecule has 0 bridgehead atoms. The molecule has 1 aromatic carbocycles. The molecule has 6 nitrogen and oxygen atoms in total. The predicted molar refractivity (Wildman–Crippen MR) is 74.6 cm³/mol. The van der Waals surface area contributed by atoms with Crippen molar-refractivity contribution in [2.75, 3.05) is 19.5 Å². The van der Waals surface area contributed by atoms with Crippen molar-refractivity contribution in [1.29, 1.82) is 0 Å². The van der Waals surface area contributed by atoms with Gasteiger partial charge in [0.15, 0.2) is 0 Å². The fraction of sp³-hybridized carbons (Fsp3) is 0.286. The number of hydrogen-bond donors (Lipinski definition) is 1. The molecule has 2 N–H and O–H groups in total. The minimum Gasteiger partial charge on any atom is -0.492 e. The van der Waals surface area contributed by atoms with Crippen LogP contribution in [0.2, 0.25) is 0 Å². The summed E-state index contributed by atoms with van der Waals surface area (Å²) in [4.78, 5) is 15.9. The van der Waals surface area contributed by atoms with Crippen molar-refractivity contribution < 1.29 is 14.3 Å². The van der Waals surface area contributed by atoms with Gasteiger partial charge in [0, 0.05) is 31.5 Å². The number of aryl methyl sites for hydroxylation is 1. The van der Waals surface area contributed by atoms with E-state index in [9.17, 15) is 4.79 Å². The minimum atomic E-state index is -0.468. The molecule has 2 rings (SSSR count). The third-order valence-electron chi connectivity index (χ3n) is 2.91. The Morgan fingerprint density at radius 3 is 2.90 bits per heavy atom. The molecule has 2 aromatic rings. The standard InChI is InChI=1S/C14H17N3O3/c1-17-7-6-16-13(17)5-8-20-12-4-3-10(15)9-11(12)14(18)19-2/h3-4,6-7,9H,5,8,15H2,1-2H3. The number of carbonyl (C=O) groups is 1. The first-order valence-corrected chi connectivity index (χ1v) is 6.18. The molecule has 0 saturated heterocycles. The fourth-order valence-electron chi connectivity index (χ4n) is 1.83. The van der Waals surface area contributed by atoms with Gasteiger partial charge in [-0.1, -0.05) is 0 Å². The molecule has 0 unspecified atom stereocenters. The fourth-order valence-corrected chi connectivity index (χ4v) is 1.83. The van der Waals surface area contributed by atoms with Gasteiger partial charge in [-0.25, -0.2) is 9.78 Å². The Morgan fingerprint density at radius 1 is 1.45 bits per heavy atom. The van der Waals surface area contributed by atoms with Crippen LogP contribution in [-0.2, 0) is 18.2 Å². The van der Waals surface area contributed by atoms with Crippen molar-refractivity contribution in [3.05, 3.63) is 42.0 Å². The number of nitrogens with zero attached hydrogens (tertiary/aromatic N) is 2. The van der Waals surface area contributed by atoms with E-state index in [0.717, 1.165) is 5.82 Å². The van der Waals surface area contributed by atoms with Crippen LogP contribution >= 0.6 is 0 Å². The van der Waals surface area contributed by atoms with E-state index in [1.807, 2.05) is 17.8 Å². The molecule has 20 heavy (non-hydrogen) atoms. The monoisotopic (exact) mass is 275 g/mol. The first-order chi connectivity index (χ1) is 9.61. The summed E-state index contributed by atoms with van der Waals surface area (Å²) in [5.74, 6) is 0.907. The summed E-state index contributed by atoms with van der Waals surface area (Å²) in [7, 11) is 3.24. The van der Waals surface area contributed by atoms with E-state index in [1.54, 1.807) is 24.4 Å². The Morgan fingerprint density at radius 2 is 2.25 bits per heavy atom. The van der Waals surface area contributed by atoms with Crippen LogP contribution < -0.4 is 10.5 Å². The van der Waals surface area contributed by atoms with Crippen molar-refractivity contribution in [2.24, 2.45) is 7.05 Å². The molecule has 1 heterocycles. The molecular formula is C14H17N3O3. The van der Waals surface area contributed by atoms with Crippen LogP contribution in [0.15, 0.2) is 30.6 Å². The number of hydrogen-bond acceptors (Lipinski definition) is 5. The van der Waals surface area contributed by atoms with Crippen LogP contribution in [0.4, 0.5) is 5.69 Å². The Kier molecular flexibility index (Phi) is 4.24. The summed E-state index contributed by atoms with van der Waals surface area (Å²) in [6.45, 7) is 0.415. The molecule has 0 fully saturated rings. The van der Waals surface area contributed by atoms with Crippen LogP contribution in [-0.4, -0.2) is 29.2 Å². The maximum absolute atomic E-state index is 11.7. The number of carbonyl (C=O) groups excluding carboxylic acids is 1. The number of anilines is 1. The van der Waals surface area contributed by atoms with E-state index >= 15 is 0 Å². The quantitative estimate of drug-likeness (QED) is 0.659. The van der Waals surface area contributed by atoms with E-state index in [1.165, 1.54) is 7.11 Å². The second-order valence-corrected chi connectivity index (χ2v) is 4.30. The zero-order chi connectivity index (χ0) is 14.5. The largest absolute Gasteiger partial charge is 0.492 e. The van der Waals surface area contributed by atoms with Gasteiger partial charge in [-0.2, -0.15) is 0 Å². The number of benzene rings is 1. The molecule has 0 spiro atoms. The van der Waals surface area contributed by atoms with Crippen LogP contribution in [0.25, 0.3) is 0 Å². The number of aromatic nitrogens is 2. The van der Waals surface area contributed by atoms with Gasteiger partial charge in [-0.15, -0.1) is 0 Å². The third-order valence-corrected chi connectivity index (χ3v) is 2.91. The van der Waals surface area contributed by atoms with E-state index in [0.29, 0.717) is 30.0 Å². The highest BCUT2D eigenvalue weighted by molar-refractivity contribution is 5.93. The second-order valence-electron chi connectivity index (χ2n) is 4.30. The van der Waals surface area contributed by atoms with E-state index in [-0.39, 0.29) is 0 Å². The summed E-state index contributed by atoms with van der Waals surface area (Å²) < 4.78 is 12.3. The van der Waals surface area contributed by atoms with Gasteiger partial charge in [0.05, 0.1) is 13.7 Å². The van der Waals surface area contributed by atoms with E-state index in [2.05, 4.69) is 4.98 Å². The number of imidazole rings is 1. The number of esters is 1. The normalized spacial score (nSPS) is 10.3. The Hall–Kier alpha value is -2.50. The van der Waals surface area contributed by atoms with Crippen LogP contribution in [0.5, 0.6) is 5.75 Å². The lowest BCUT2D eigenvalue weighted by molar-refractivity contribution is 0.0596. The van der Waals surface area contributed by atoms with E-state index < -0.39 is 5.97 Å². The van der Waals surface area contributed by atoms with E-state index in [4.69, 9.17) is 15.2 Å². The van der Waals surface area contributed by atoms with Gasteiger partial charge in [0.2, 0.25) is 0 Å². The molecule has 0 atom stereocenters. The van der Waals surface area contributed by atoms with Gasteiger partial charge < -0.3 is 19.8 Å². The minimum absolute atomic E-state index is 0.326. The summed E-state index contributed by atoms with van der Waals surface area (Å²) in [5, 5.41) is 0. The molecule has 0 radical (unpaired) electrons. The van der Waals surface area contributed by atoms with Crippen LogP contribution in [0.3, 0.4) is 0 Å². The highest BCUT2D eigenvalue weighted by Gasteiger charge is 2.13. The molecule has 0 aliphatic heterocycles. The smallest absolute Gasteiger partial charge is 0.341 e. The van der Waals surface area contributed by atoms with Crippen molar-refractivity contribution in [1.82, 2.24) is 9.55 Å². The maximum atomic E-state index is 11.7. The Bertz CT molecular complexity index is 607. The number of nitrogens with two attached hydrogens (primary N) is 1. The van der Waals surface area contributed by atoms with Gasteiger partial charge >= 0.3 is 5.97 Å². The SMILES string of the molecule is COC(=O)c1cc(N)ccc1OCCc1nccn1C. The van der Waals surface area contributed by atoms with Crippen molar-refractivity contribution in [2.45, 2.75) is 6.42 Å². The molecule has 1 aromatic heterocycles. The number of ether oxygens (including phenoxy) is 2. The Labute approximate surface area is 117 Å². The molecule has 6 heteroatoms. The summed E-state index contributed by atoms with van der Waals surface area (Å²) >= 11 is 0. The van der Waals surface area contributed by atoms with Crippen molar-refractivity contribution in [3.8, 4) is 5.75 Å². The van der Waals surface area contributed by atoms with Gasteiger partial charge in [-0.3, -0.25) is 0 Å². The predicted octanol–water partition coefficient (Wildman–Crippen LogP) is 1.41. The molecule has 0 amide bonds. The second kappa shape index (κ2) is 6.10. The zero-order valence-electron chi connectivity index (χ0n) is 11.5. The zero-order valence-corrected chi connectivity index (χ0v) is 11.5. The van der Waals surface area contributed by atoms with Crippen molar-refractivity contribution in [3.63, 3.8) is 0 Å². The van der Waals surface area contributed by atoms with Gasteiger partial charge in [0.25, 0.3) is 0 Å². The third kappa shape index (κ3) is 3.09. The lowest BCUT2D eigenvalue weighted by atomic mass is 10.2. The van der Waals surface area contributed by atoms with Crippen LogP contribution in [0, 0.1) is 0 Å². The average Bonchev–Trinajstić information content (AvgIpc) is 2.85. The highest BCUT2D eigenvalue weighted by atomic mass is 16.5. The van der Waals surface area contributed by atoms with Crippen molar-refractivity contribution >= 4 is 11.7 Å². The summed E-state index contributed by atoms with van der Waals surface area (Å²) in [6, 6.07) is 4.89. The lowest BCUT2D eigenvalue weighted by Gasteiger charge is -2.11. The van der Waals surface area contributed by atoms with Crippen LogP contribution in [0.1, 0.15) is 16.2 Å². The molecular weight excluding hydrogens is 258 g/mol. The molecule has 0 aliphatic carbocycles. The average molecular weight is 275 g/mol. The topological polar surface area (TPSA) is 79.4 Å². The number of nitrogen functional groups attached to an aromatic ring is 1. The maximum Gasteiger partial charge on any atom is 0.341 e. The molecule has 106 valence electrons. The lowest BCUT2D eigenvalue weighted by Crippen LogP contribution is -2.10. The Balaban J connectivity index is 2.05. The number of rotatable bonds is 5. The molecule has 0 aliphatic rings. The first-order valence-electron chi connectivity index (χ1n) is 6.18. The van der Waals surface area contributed by atoms with Gasteiger partial charge in [0.1, 0.15) is 17.1 Å². The summed E-state index contributed by atoms with van der Waals surface area (Å²) in [6.07, 6.45) is 4.26.